The highest BCUT2D eigenvalue weighted by Crippen LogP contribution is 2.16. The normalized spacial score (nSPS) is 11.9. The maximum atomic E-state index is 11.3. The lowest BCUT2D eigenvalue weighted by Gasteiger charge is -2.14. The van der Waals surface area contributed by atoms with Crippen LogP contribution in [0.3, 0.4) is 0 Å². The molecule has 1 aromatic carbocycles. The van der Waals surface area contributed by atoms with Gasteiger partial charge in [-0.3, -0.25) is 0 Å². The summed E-state index contributed by atoms with van der Waals surface area (Å²) in [5.74, 6) is 0. The van der Waals surface area contributed by atoms with Crippen LogP contribution in [0.4, 0.5) is 4.79 Å². The van der Waals surface area contributed by atoms with Crippen LogP contribution in [-0.4, -0.2) is 12.6 Å². The van der Waals surface area contributed by atoms with Crippen LogP contribution in [0, 0.1) is 0 Å². The number of amides is 2. The number of benzene rings is 1. The van der Waals surface area contributed by atoms with Crippen molar-refractivity contribution in [3.8, 4) is 0 Å². The zero-order valence-electron chi connectivity index (χ0n) is 8.88. The third-order valence-electron chi connectivity index (χ3n) is 2.03. The Bertz CT molecular complexity index is 341. The minimum Gasteiger partial charge on any atom is -0.338 e. The van der Waals surface area contributed by atoms with E-state index >= 15 is 0 Å². The average molecular weight is 227 g/mol. The third kappa shape index (κ3) is 3.80. The van der Waals surface area contributed by atoms with Crippen molar-refractivity contribution < 1.29 is 4.79 Å². The molecule has 0 fully saturated rings. The van der Waals surface area contributed by atoms with Crippen molar-refractivity contribution in [3.63, 3.8) is 0 Å². The lowest BCUT2D eigenvalue weighted by molar-refractivity contribution is 0.238. The lowest BCUT2D eigenvalue weighted by atomic mass is 10.1. The fourth-order valence-corrected chi connectivity index (χ4v) is 1.47. The molecule has 1 aromatic rings. The first-order valence-corrected chi connectivity index (χ1v) is 5.31. The number of carbonyl (C=O) groups excluding carboxylic acids is 1. The Balaban J connectivity index is 2.60. The van der Waals surface area contributed by atoms with Crippen LogP contribution >= 0.6 is 11.6 Å². The molecule has 1 atom stereocenters. The van der Waals surface area contributed by atoms with E-state index in [-0.39, 0.29) is 12.1 Å². The SMILES string of the molecule is CCNC(=O)N[C@@H](C)c1cccc(Cl)c1. The quantitative estimate of drug-likeness (QED) is 0.818. The smallest absolute Gasteiger partial charge is 0.315 e. The van der Waals surface area contributed by atoms with Crippen LogP contribution in [0.25, 0.3) is 0 Å². The monoisotopic (exact) mass is 226 g/mol. The first kappa shape index (κ1) is 11.9. The summed E-state index contributed by atoms with van der Waals surface area (Å²) in [5.41, 5.74) is 0.994. The predicted molar refractivity (Wildman–Crippen MR) is 62.1 cm³/mol. The first-order chi connectivity index (χ1) is 7.13. The Morgan fingerprint density at radius 1 is 1.53 bits per heavy atom. The Morgan fingerprint density at radius 3 is 2.87 bits per heavy atom. The molecule has 2 amide bonds. The number of urea groups is 1. The minimum atomic E-state index is -0.162. The van der Waals surface area contributed by atoms with E-state index < -0.39 is 0 Å². The van der Waals surface area contributed by atoms with E-state index in [4.69, 9.17) is 11.6 Å². The number of nitrogens with one attached hydrogen (secondary N) is 2. The van der Waals surface area contributed by atoms with Crippen molar-refractivity contribution in [3.05, 3.63) is 34.9 Å². The molecule has 0 aliphatic heterocycles. The molecule has 3 nitrogen and oxygen atoms in total. The number of rotatable bonds is 3. The zero-order chi connectivity index (χ0) is 11.3. The molecule has 15 heavy (non-hydrogen) atoms. The van der Waals surface area contributed by atoms with E-state index in [1.807, 2.05) is 38.1 Å². The third-order valence-corrected chi connectivity index (χ3v) is 2.27. The summed E-state index contributed by atoms with van der Waals surface area (Å²) >= 11 is 5.86. The second kappa shape index (κ2) is 5.61. The van der Waals surface area contributed by atoms with Crippen LogP contribution in [0.1, 0.15) is 25.5 Å². The van der Waals surface area contributed by atoms with E-state index in [1.165, 1.54) is 0 Å². The Hall–Kier alpha value is -1.22. The zero-order valence-corrected chi connectivity index (χ0v) is 9.64. The van der Waals surface area contributed by atoms with E-state index in [2.05, 4.69) is 10.6 Å². The highest BCUT2D eigenvalue weighted by molar-refractivity contribution is 6.30. The Labute approximate surface area is 94.8 Å². The topological polar surface area (TPSA) is 41.1 Å². The summed E-state index contributed by atoms with van der Waals surface area (Å²) in [4.78, 5) is 11.3. The van der Waals surface area contributed by atoms with E-state index in [0.29, 0.717) is 11.6 Å². The molecule has 0 bridgehead atoms. The first-order valence-electron chi connectivity index (χ1n) is 4.93. The van der Waals surface area contributed by atoms with Gasteiger partial charge in [0.05, 0.1) is 6.04 Å². The van der Waals surface area contributed by atoms with E-state index in [0.717, 1.165) is 5.56 Å². The number of hydrogen-bond donors (Lipinski definition) is 2. The maximum Gasteiger partial charge on any atom is 0.315 e. The molecule has 0 unspecified atom stereocenters. The molecule has 0 heterocycles. The van der Waals surface area contributed by atoms with Gasteiger partial charge in [-0.05, 0) is 31.5 Å². The van der Waals surface area contributed by atoms with Gasteiger partial charge in [-0.1, -0.05) is 23.7 Å². The molecule has 0 saturated heterocycles. The molecular formula is C11H15ClN2O. The van der Waals surface area contributed by atoms with Crippen molar-refractivity contribution in [2.75, 3.05) is 6.54 Å². The molecular weight excluding hydrogens is 212 g/mol. The van der Waals surface area contributed by atoms with Crippen LogP contribution in [0.5, 0.6) is 0 Å². The predicted octanol–water partition coefficient (Wildman–Crippen LogP) is 2.72. The van der Waals surface area contributed by atoms with Gasteiger partial charge in [-0.25, -0.2) is 4.79 Å². The van der Waals surface area contributed by atoms with Crippen molar-refractivity contribution in [1.29, 1.82) is 0 Å². The molecule has 82 valence electrons. The van der Waals surface area contributed by atoms with Gasteiger partial charge < -0.3 is 10.6 Å². The summed E-state index contributed by atoms with van der Waals surface area (Å²) in [6.07, 6.45) is 0. The summed E-state index contributed by atoms with van der Waals surface area (Å²) in [7, 11) is 0. The van der Waals surface area contributed by atoms with Crippen molar-refractivity contribution in [2.24, 2.45) is 0 Å². The average Bonchev–Trinajstić information content (AvgIpc) is 2.18. The molecule has 0 aliphatic carbocycles. The van der Waals surface area contributed by atoms with Gasteiger partial charge in [0.25, 0.3) is 0 Å². The van der Waals surface area contributed by atoms with E-state index in [1.54, 1.807) is 0 Å². The summed E-state index contributed by atoms with van der Waals surface area (Å²) in [6, 6.07) is 7.25. The molecule has 1 rings (SSSR count). The summed E-state index contributed by atoms with van der Waals surface area (Å²) in [6.45, 7) is 4.42. The van der Waals surface area contributed by atoms with Crippen LogP contribution < -0.4 is 10.6 Å². The van der Waals surface area contributed by atoms with Crippen LogP contribution in [0.2, 0.25) is 5.02 Å². The van der Waals surface area contributed by atoms with Gasteiger partial charge >= 0.3 is 6.03 Å². The largest absolute Gasteiger partial charge is 0.338 e. The minimum absolute atomic E-state index is 0.0461. The van der Waals surface area contributed by atoms with Gasteiger partial charge in [0.2, 0.25) is 0 Å². The number of hydrogen-bond acceptors (Lipinski definition) is 1. The van der Waals surface area contributed by atoms with Gasteiger partial charge in [0.15, 0.2) is 0 Å². The van der Waals surface area contributed by atoms with Crippen LogP contribution in [0.15, 0.2) is 24.3 Å². The molecule has 0 aliphatic rings. The number of carbonyl (C=O) groups is 1. The Kier molecular flexibility index (Phi) is 4.43. The Morgan fingerprint density at radius 2 is 2.27 bits per heavy atom. The van der Waals surface area contributed by atoms with Crippen molar-refractivity contribution in [1.82, 2.24) is 10.6 Å². The molecule has 2 N–H and O–H groups in total. The number of halogens is 1. The molecule has 4 heteroatoms. The molecule has 0 aromatic heterocycles. The molecule has 0 spiro atoms. The van der Waals surface area contributed by atoms with Gasteiger partial charge in [-0.15, -0.1) is 0 Å². The second-order valence-corrected chi connectivity index (χ2v) is 3.72. The fraction of sp³-hybridized carbons (Fsp3) is 0.364. The highest BCUT2D eigenvalue weighted by Gasteiger charge is 2.08. The van der Waals surface area contributed by atoms with Crippen LogP contribution in [-0.2, 0) is 0 Å². The van der Waals surface area contributed by atoms with Gasteiger partial charge in [0.1, 0.15) is 0 Å². The van der Waals surface area contributed by atoms with Gasteiger partial charge in [-0.2, -0.15) is 0 Å². The summed E-state index contributed by atoms with van der Waals surface area (Å²) in [5, 5.41) is 6.17. The van der Waals surface area contributed by atoms with Gasteiger partial charge in [0, 0.05) is 11.6 Å². The summed E-state index contributed by atoms with van der Waals surface area (Å²) < 4.78 is 0. The molecule has 0 saturated carbocycles. The van der Waals surface area contributed by atoms with E-state index in [9.17, 15) is 4.79 Å². The lowest BCUT2D eigenvalue weighted by Crippen LogP contribution is -2.36. The standard InChI is InChI=1S/C11H15ClN2O/c1-3-13-11(15)14-8(2)9-5-4-6-10(12)7-9/h4-8H,3H2,1-2H3,(H2,13,14,15)/t8-/m0/s1. The highest BCUT2D eigenvalue weighted by atomic mass is 35.5. The maximum absolute atomic E-state index is 11.3. The molecule has 0 radical (unpaired) electrons. The second-order valence-electron chi connectivity index (χ2n) is 3.28. The fourth-order valence-electron chi connectivity index (χ4n) is 1.27. The van der Waals surface area contributed by atoms with Crippen molar-refractivity contribution >= 4 is 17.6 Å². The van der Waals surface area contributed by atoms with Crippen molar-refractivity contribution in [2.45, 2.75) is 19.9 Å².